The fraction of sp³-hybridized carbons (Fsp3) is 0.846. The SMILES string of the molecule is CC/C(Cl)=C/C(C)CO[Si](C)(C)C(C)(C)C. The highest BCUT2D eigenvalue weighted by Gasteiger charge is 2.37. The van der Waals surface area contributed by atoms with E-state index < -0.39 is 8.32 Å². The van der Waals surface area contributed by atoms with E-state index in [1.807, 2.05) is 0 Å². The van der Waals surface area contributed by atoms with Crippen molar-refractivity contribution in [1.29, 1.82) is 0 Å². The van der Waals surface area contributed by atoms with Crippen LogP contribution in [0.5, 0.6) is 0 Å². The first-order chi connectivity index (χ1) is 7.10. The molecule has 96 valence electrons. The quantitative estimate of drug-likeness (QED) is 0.621. The van der Waals surface area contributed by atoms with Gasteiger partial charge in [-0.05, 0) is 30.5 Å². The number of hydrogen-bond donors (Lipinski definition) is 0. The Morgan fingerprint density at radius 3 is 2.25 bits per heavy atom. The van der Waals surface area contributed by atoms with Crippen LogP contribution in [0.25, 0.3) is 0 Å². The molecule has 0 fully saturated rings. The summed E-state index contributed by atoms with van der Waals surface area (Å²) < 4.78 is 6.14. The molecule has 0 aromatic heterocycles. The van der Waals surface area contributed by atoms with Gasteiger partial charge in [-0.25, -0.2) is 0 Å². The van der Waals surface area contributed by atoms with E-state index in [0.717, 1.165) is 18.1 Å². The van der Waals surface area contributed by atoms with E-state index in [2.05, 4.69) is 53.8 Å². The monoisotopic (exact) mass is 262 g/mol. The first-order valence-electron chi connectivity index (χ1n) is 6.10. The molecule has 0 radical (unpaired) electrons. The largest absolute Gasteiger partial charge is 0.416 e. The van der Waals surface area contributed by atoms with Gasteiger partial charge < -0.3 is 4.43 Å². The molecule has 0 saturated heterocycles. The first-order valence-corrected chi connectivity index (χ1v) is 9.39. The minimum absolute atomic E-state index is 0.283. The van der Waals surface area contributed by atoms with Crippen molar-refractivity contribution in [2.75, 3.05) is 6.61 Å². The lowest BCUT2D eigenvalue weighted by Crippen LogP contribution is -2.41. The Labute approximate surface area is 107 Å². The van der Waals surface area contributed by atoms with Crippen molar-refractivity contribution in [3.05, 3.63) is 11.1 Å². The molecular weight excluding hydrogens is 236 g/mol. The van der Waals surface area contributed by atoms with Gasteiger partial charge in [0.1, 0.15) is 0 Å². The lowest BCUT2D eigenvalue weighted by Gasteiger charge is -2.36. The summed E-state index contributed by atoms with van der Waals surface area (Å²) in [4.78, 5) is 0. The lowest BCUT2D eigenvalue weighted by atomic mass is 10.2. The Morgan fingerprint density at radius 1 is 1.38 bits per heavy atom. The van der Waals surface area contributed by atoms with Gasteiger partial charge in [0, 0.05) is 11.6 Å². The van der Waals surface area contributed by atoms with Crippen LogP contribution < -0.4 is 0 Å². The molecule has 1 nitrogen and oxygen atoms in total. The van der Waals surface area contributed by atoms with E-state index in [0.29, 0.717) is 5.92 Å². The van der Waals surface area contributed by atoms with Crippen molar-refractivity contribution in [2.24, 2.45) is 5.92 Å². The molecule has 0 bridgehead atoms. The van der Waals surface area contributed by atoms with Crippen LogP contribution in [0.15, 0.2) is 11.1 Å². The Kier molecular flexibility index (Phi) is 6.30. The van der Waals surface area contributed by atoms with Crippen LogP contribution in [0.3, 0.4) is 0 Å². The average molecular weight is 263 g/mol. The molecule has 1 unspecified atom stereocenters. The van der Waals surface area contributed by atoms with E-state index in [4.69, 9.17) is 16.0 Å². The Morgan fingerprint density at radius 2 is 1.88 bits per heavy atom. The van der Waals surface area contributed by atoms with E-state index in [-0.39, 0.29) is 5.04 Å². The molecule has 0 aliphatic rings. The third-order valence-electron chi connectivity index (χ3n) is 3.32. The van der Waals surface area contributed by atoms with Gasteiger partial charge in [-0.1, -0.05) is 52.3 Å². The summed E-state index contributed by atoms with van der Waals surface area (Å²) in [5, 5.41) is 1.22. The fourth-order valence-electron chi connectivity index (χ4n) is 1.03. The minimum Gasteiger partial charge on any atom is -0.416 e. The van der Waals surface area contributed by atoms with Crippen molar-refractivity contribution < 1.29 is 4.43 Å². The number of halogens is 1. The summed E-state index contributed by atoms with van der Waals surface area (Å²) in [7, 11) is -1.60. The molecule has 0 aromatic rings. The zero-order valence-corrected chi connectivity index (χ0v) is 13.6. The fourth-order valence-corrected chi connectivity index (χ4v) is 2.36. The normalized spacial score (nSPS) is 16.4. The Bertz CT molecular complexity index is 241. The van der Waals surface area contributed by atoms with Gasteiger partial charge in [0.05, 0.1) is 0 Å². The van der Waals surface area contributed by atoms with E-state index in [1.165, 1.54) is 0 Å². The van der Waals surface area contributed by atoms with Crippen LogP contribution in [0.1, 0.15) is 41.0 Å². The van der Waals surface area contributed by atoms with Gasteiger partial charge in [-0.3, -0.25) is 0 Å². The molecule has 0 saturated carbocycles. The summed E-state index contributed by atoms with van der Waals surface area (Å²) in [5.74, 6) is 0.404. The summed E-state index contributed by atoms with van der Waals surface area (Å²) in [6.45, 7) is 16.4. The first kappa shape index (κ1) is 16.2. The third kappa shape index (κ3) is 5.51. The third-order valence-corrected chi connectivity index (χ3v) is 8.21. The molecule has 0 N–H and O–H groups in total. The number of rotatable bonds is 5. The molecule has 0 aliphatic heterocycles. The lowest BCUT2D eigenvalue weighted by molar-refractivity contribution is 0.259. The van der Waals surface area contributed by atoms with E-state index in [1.54, 1.807) is 0 Å². The second-order valence-electron chi connectivity index (χ2n) is 6.02. The highest BCUT2D eigenvalue weighted by molar-refractivity contribution is 6.74. The van der Waals surface area contributed by atoms with Gasteiger partial charge in [0.25, 0.3) is 0 Å². The molecule has 16 heavy (non-hydrogen) atoms. The summed E-state index contributed by atoms with van der Waals surface area (Å²) >= 11 is 6.02. The smallest absolute Gasteiger partial charge is 0.192 e. The van der Waals surface area contributed by atoms with E-state index in [9.17, 15) is 0 Å². The van der Waals surface area contributed by atoms with Gasteiger partial charge in [0.2, 0.25) is 0 Å². The maximum Gasteiger partial charge on any atom is 0.192 e. The van der Waals surface area contributed by atoms with Crippen LogP contribution >= 0.6 is 11.6 Å². The zero-order chi connectivity index (χ0) is 13.0. The average Bonchev–Trinajstić information content (AvgIpc) is 2.13. The zero-order valence-electron chi connectivity index (χ0n) is 11.9. The summed E-state index contributed by atoms with van der Waals surface area (Å²) in [6.07, 6.45) is 3.01. The predicted octanol–water partition coefficient (Wildman–Crippen LogP) is 5.18. The molecule has 0 amide bonds. The Balaban J connectivity index is 4.26. The molecular formula is C13H27ClOSi. The van der Waals surface area contributed by atoms with Crippen molar-refractivity contribution >= 4 is 19.9 Å². The predicted molar refractivity (Wildman–Crippen MR) is 76.5 cm³/mol. The van der Waals surface area contributed by atoms with Crippen molar-refractivity contribution in [3.63, 3.8) is 0 Å². The molecule has 3 heteroatoms. The van der Waals surface area contributed by atoms with Crippen LogP contribution in [0.2, 0.25) is 18.1 Å². The van der Waals surface area contributed by atoms with Gasteiger partial charge >= 0.3 is 0 Å². The molecule has 0 aromatic carbocycles. The topological polar surface area (TPSA) is 9.23 Å². The molecule has 0 spiro atoms. The van der Waals surface area contributed by atoms with Crippen LogP contribution in [-0.4, -0.2) is 14.9 Å². The van der Waals surface area contributed by atoms with Crippen LogP contribution in [-0.2, 0) is 4.43 Å². The number of hydrogen-bond acceptors (Lipinski definition) is 1. The minimum atomic E-state index is -1.60. The summed E-state index contributed by atoms with van der Waals surface area (Å²) in [6, 6.07) is 0. The molecule has 0 rings (SSSR count). The van der Waals surface area contributed by atoms with Crippen molar-refractivity contribution in [3.8, 4) is 0 Å². The Hall–Kier alpha value is 0.207. The van der Waals surface area contributed by atoms with Gasteiger partial charge in [-0.2, -0.15) is 0 Å². The second kappa shape index (κ2) is 6.22. The van der Waals surface area contributed by atoms with Crippen molar-refractivity contribution in [2.45, 2.75) is 59.2 Å². The van der Waals surface area contributed by atoms with Gasteiger partial charge in [-0.15, -0.1) is 0 Å². The maximum absolute atomic E-state index is 6.14. The highest BCUT2D eigenvalue weighted by atomic mass is 35.5. The highest BCUT2D eigenvalue weighted by Crippen LogP contribution is 2.36. The van der Waals surface area contributed by atoms with Crippen LogP contribution in [0.4, 0.5) is 0 Å². The standard InChI is InChI=1S/C13H27ClOSi/c1-8-12(14)9-11(2)10-15-16(6,7)13(3,4)5/h9,11H,8,10H2,1-7H3/b12-9-. The molecule has 1 atom stereocenters. The molecule has 0 heterocycles. The van der Waals surface area contributed by atoms with Gasteiger partial charge in [0.15, 0.2) is 8.32 Å². The maximum atomic E-state index is 6.14. The second-order valence-corrected chi connectivity index (χ2v) is 11.3. The van der Waals surface area contributed by atoms with Crippen LogP contribution in [0, 0.1) is 5.92 Å². The van der Waals surface area contributed by atoms with Crippen molar-refractivity contribution in [1.82, 2.24) is 0 Å². The van der Waals surface area contributed by atoms with E-state index >= 15 is 0 Å². The number of allylic oxidation sites excluding steroid dienone is 1. The molecule has 0 aliphatic carbocycles. The summed E-state index contributed by atoms with van der Waals surface area (Å²) in [5.41, 5.74) is 0.